The van der Waals surface area contributed by atoms with Crippen molar-refractivity contribution in [1.82, 2.24) is 5.43 Å². The molecule has 5 heteroatoms. The largest absolute Gasteiger partial charge is 0.504 e. The summed E-state index contributed by atoms with van der Waals surface area (Å²) in [4.78, 5) is 11.9. The topological polar surface area (TPSA) is 70.9 Å². The first-order valence-corrected chi connectivity index (χ1v) is 6.56. The summed E-state index contributed by atoms with van der Waals surface area (Å²) in [5.74, 6) is 0.321. The van der Waals surface area contributed by atoms with Crippen LogP contribution in [-0.2, 0) is 0 Å². The minimum Gasteiger partial charge on any atom is -0.504 e. The summed E-state index contributed by atoms with van der Waals surface area (Å²) >= 11 is 0. The summed E-state index contributed by atoms with van der Waals surface area (Å²) in [6.07, 6.45) is 9.15. The second-order valence-electron chi connectivity index (χ2n) is 4.65. The van der Waals surface area contributed by atoms with E-state index in [4.69, 9.17) is 4.74 Å². The number of hydrogen-bond donors (Lipinski definition) is 2. The van der Waals surface area contributed by atoms with Crippen LogP contribution < -0.4 is 10.2 Å². The Morgan fingerprint density at radius 1 is 1.50 bits per heavy atom. The molecule has 0 heterocycles. The number of allylic oxidation sites excluding steroid dienone is 2. The van der Waals surface area contributed by atoms with Gasteiger partial charge in [-0.2, -0.15) is 5.10 Å². The predicted octanol–water partition coefficient (Wildman–Crippen LogP) is 2.47. The molecular formula is C15H18N2O3. The maximum absolute atomic E-state index is 11.9. The van der Waals surface area contributed by atoms with Gasteiger partial charge in [0, 0.05) is 11.8 Å². The van der Waals surface area contributed by atoms with Crippen molar-refractivity contribution < 1.29 is 14.6 Å². The van der Waals surface area contributed by atoms with E-state index in [1.54, 1.807) is 6.21 Å². The fraction of sp³-hybridized carbons (Fsp3) is 0.333. The third-order valence-corrected chi connectivity index (χ3v) is 3.20. The fourth-order valence-corrected chi connectivity index (χ4v) is 2.04. The number of amides is 1. The third-order valence-electron chi connectivity index (χ3n) is 3.20. The van der Waals surface area contributed by atoms with Crippen LogP contribution in [0.25, 0.3) is 0 Å². The molecule has 1 aromatic rings. The van der Waals surface area contributed by atoms with Crippen molar-refractivity contribution in [2.24, 2.45) is 11.0 Å². The molecule has 1 aromatic carbocycles. The van der Waals surface area contributed by atoms with Gasteiger partial charge in [-0.25, -0.2) is 5.43 Å². The van der Waals surface area contributed by atoms with E-state index in [2.05, 4.69) is 22.7 Å². The maximum Gasteiger partial charge on any atom is 0.271 e. The van der Waals surface area contributed by atoms with Crippen LogP contribution in [0.5, 0.6) is 11.5 Å². The number of phenolic OH excluding ortho intramolecular Hbond substituents is 1. The number of aromatic hydroxyl groups is 1. The molecule has 0 spiro atoms. The van der Waals surface area contributed by atoms with Crippen LogP contribution in [0.2, 0.25) is 0 Å². The molecule has 2 rings (SSSR count). The zero-order valence-electron chi connectivity index (χ0n) is 11.4. The van der Waals surface area contributed by atoms with Crippen molar-refractivity contribution in [3.8, 4) is 11.5 Å². The van der Waals surface area contributed by atoms with Gasteiger partial charge >= 0.3 is 0 Å². The molecule has 1 aliphatic carbocycles. The van der Waals surface area contributed by atoms with Crippen LogP contribution in [0.15, 0.2) is 35.5 Å². The molecule has 106 valence electrons. The number of carbonyl (C=O) groups is 1. The number of benzene rings is 1. The molecule has 0 bridgehead atoms. The van der Waals surface area contributed by atoms with Crippen molar-refractivity contribution in [3.05, 3.63) is 35.9 Å². The van der Waals surface area contributed by atoms with E-state index in [1.807, 2.05) is 0 Å². The Hall–Kier alpha value is -2.30. The molecule has 0 unspecified atom stereocenters. The van der Waals surface area contributed by atoms with E-state index < -0.39 is 0 Å². The first-order chi connectivity index (χ1) is 9.70. The lowest BCUT2D eigenvalue weighted by Gasteiger charge is -2.11. The lowest BCUT2D eigenvalue weighted by atomic mass is 9.96. The number of ether oxygens (including phenoxy) is 1. The number of nitrogens with one attached hydrogen (secondary N) is 1. The van der Waals surface area contributed by atoms with E-state index in [0.717, 1.165) is 19.3 Å². The molecular weight excluding hydrogens is 256 g/mol. The summed E-state index contributed by atoms with van der Waals surface area (Å²) in [5.41, 5.74) is 2.88. The quantitative estimate of drug-likeness (QED) is 0.503. The minimum atomic E-state index is -0.328. The average Bonchev–Trinajstić information content (AvgIpc) is 2.48. The summed E-state index contributed by atoms with van der Waals surface area (Å²) in [6, 6.07) is 4.42. The van der Waals surface area contributed by atoms with Crippen LogP contribution in [0, 0.1) is 5.92 Å². The molecule has 1 aliphatic rings. The molecule has 1 atom stereocenters. The minimum absolute atomic E-state index is 0.00143. The average molecular weight is 274 g/mol. The van der Waals surface area contributed by atoms with Crippen LogP contribution in [0.4, 0.5) is 0 Å². The molecule has 5 nitrogen and oxygen atoms in total. The summed E-state index contributed by atoms with van der Waals surface area (Å²) in [5, 5.41) is 13.5. The van der Waals surface area contributed by atoms with Gasteiger partial charge in [0.05, 0.1) is 7.11 Å². The Morgan fingerprint density at radius 2 is 2.35 bits per heavy atom. The molecule has 0 saturated carbocycles. The van der Waals surface area contributed by atoms with Gasteiger partial charge in [-0.15, -0.1) is 0 Å². The van der Waals surface area contributed by atoms with E-state index in [-0.39, 0.29) is 17.4 Å². The monoisotopic (exact) mass is 274 g/mol. The molecule has 2 N–H and O–H groups in total. The molecule has 0 radical (unpaired) electrons. The van der Waals surface area contributed by atoms with E-state index in [9.17, 15) is 9.90 Å². The van der Waals surface area contributed by atoms with Gasteiger partial charge in [0.2, 0.25) is 0 Å². The number of nitrogens with zero attached hydrogens (tertiary/aromatic N) is 1. The van der Waals surface area contributed by atoms with Crippen molar-refractivity contribution >= 4 is 12.1 Å². The Morgan fingerprint density at radius 3 is 3.05 bits per heavy atom. The Labute approximate surface area is 118 Å². The smallest absolute Gasteiger partial charge is 0.271 e. The summed E-state index contributed by atoms with van der Waals surface area (Å²) in [6.45, 7) is 0. The SMILES string of the molecule is COc1cc(C(=O)N/N=C\[C@H]2CC=CCC2)ccc1O. The van der Waals surface area contributed by atoms with Gasteiger partial charge in [-0.3, -0.25) is 4.79 Å². The highest BCUT2D eigenvalue weighted by molar-refractivity contribution is 5.95. The molecule has 0 aliphatic heterocycles. The van der Waals surface area contributed by atoms with E-state index in [0.29, 0.717) is 11.5 Å². The molecule has 0 saturated heterocycles. The summed E-state index contributed by atoms with van der Waals surface area (Å²) in [7, 11) is 1.44. The van der Waals surface area contributed by atoms with Gasteiger partial charge in [0.25, 0.3) is 5.91 Å². The fourth-order valence-electron chi connectivity index (χ4n) is 2.04. The van der Waals surface area contributed by atoms with Gasteiger partial charge in [0.15, 0.2) is 11.5 Å². The number of carbonyl (C=O) groups excluding carboxylic acids is 1. The first-order valence-electron chi connectivity index (χ1n) is 6.56. The van der Waals surface area contributed by atoms with E-state index in [1.165, 1.54) is 25.3 Å². The lowest BCUT2D eigenvalue weighted by Crippen LogP contribution is -2.18. The highest BCUT2D eigenvalue weighted by atomic mass is 16.5. The van der Waals surface area contributed by atoms with Crippen molar-refractivity contribution in [3.63, 3.8) is 0 Å². The highest BCUT2D eigenvalue weighted by Gasteiger charge is 2.10. The van der Waals surface area contributed by atoms with Crippen molar-refractivity contribution in [2.45, 2.75) is 19.3 Å². The van der Waals surface area contributed by atoms with Crippen molar-refractivity contribution in [2.75, 3.05) is 7.11 Å². The Bertz CT molecular complexity index is 538. The number of hydrazone groups is 1. The Kier molecular flexibility index (Phi) is 4.76. The van der Waals surface area contributed by atoms with Crippen molar-refractivity contribution in [1.29, 1.82) is 0 Å². The number of hydrogen-bond acceptors (Lipinski definition) is 4. The third kappa shape index (κ3) is 3.60. The zero-order valence-corrected chi connectivity index (χ0v) is 11.4. The van der Waals surface area contributed by atoms with E-state index >= 15 is 0 Å². The molecule has 1 amide bonds. The van der Waals surface area contributed by atoms with Gasteiger partial charge in [0.1, 0.15) is 0 Å². The second-order valence-corrected chi connectivity index (χ2v) is 4.65. The van der Waals surface area contributed by atoms with Crippen LogP contribution in [-0.4, -0.2) is 24.3 Å². The molecule has 0 fully saturated rings. The standard InChI is InChI=1S/C15H18N2O3/c1-20-14-9-12(7-8-13(14)18)15(19)17-16-10-11-5-3-2-4-6-11/h2-3,7-11,18H,4-6H2,1H3,(H,17,19)/b16-10-/t11-/m0/s1. The maximum atomic E-state index is 11.9. The Balaban J connectivity index is 1.94. The highest BCUT2D eigenvalue weighted by Crippen LogP contribution is 2.26. The second kappa shape index (κ2) is 6.75. The summed E-state index contributed by atoms with van der Waals surface area (Å²) < 4.78 is 4.96. The lowest BCUT2D eigenvalue weighted by molar-refractivity contribution is 0.0954. The first kappa shape index (κ1) is 14.1. The molecule has 0 aromatic heterocycles. The van der Waals surface area contributed by atoms with Crippen LogP contribution >= 0.6 is 0 Å². The van der Waals surface area contributed by atoms with Gasteiger partial charge < -0.3 is 9.84 Å². The molecule has 20 heavy (non-hydrogen) atoms. The number of phenols is 1. The number of rotatable bonds is 4. The predicted molar refractivity (Wildman–Crippen MR) is 77.1 cm³/mol. The van der Waals surface area contributed by atoms with Gasteiger partial charge in [-0.1, -0.05) is 12.2 Å². The van der Waals surface area contributed by atoms with Crippen LogP contribution in [0.3, 0.4) is 0 Å². The number of methoxy groups -OCH3 is 1. The zero-order chi connectivity index (χ0) is 14.4. The van der Waals surface area contributed by atoms with Gasteiger partial charge in [-0.05, 0) is 43.4 Å². The van der Waals surface area contributed by atoms with Crippen LogP contribution in [0.1, 0.15) is 29.6 Å². The normalized spacial score (nSPS) is 18.1.